The number of aromatic nitrogens is 3. The van der Waals surface area contributed by atoms with Crippen LogP contribution in [0.5, 0.6) is 5.75 Å². The van der Waals surface area contributed by atoms with E-state index in [4.69, 9.17) is 4.74 Å². The Bertz CT molecular complexity index is 1430. The number of likely N-dealkylation sites (tertiary alicyclic amines) is 1. The van der Waals surface area contributed by atoms with Crippen molar-refractivity contribution in [2.75, 3.05) is 31.6 Å². The SMILES string of the molecule is CC(=O)N1CCC(CNC(=O)c2cc(C(=O)NCc3ccc4c(c3)NC(=O)CO4)nc3c(F)cnn23)CC1. The summed E-state index contributed by atoms with van der Waals surface area (Å²) in [4.78, 5) is 54.9. The predicted molar refractivity (Wildman–Crippen MR) is 132 cm³/mol. The van der Waals surface area contributed by atoms with Crippen molar-refractivity contribution in [1.82, 2.24) is 30.1 Å². The molecule has 0 atom stereocenters. The maximum absolute atomic E-state index is 14.4. The summed E-state index contributed by atoms with van der Waals surface area (Å²) < 4.78 is 20.8. The van der Waals surface area contributed by atoms with Crippen LogP contribution < -0.4 is 20.7 Å². The van der Waals surface area contributed by atoms with Crippen molar-refractivity contribution in [3.63, 3.8) is 0 Å². The first-order valence-electron chi connectivity index (χ1n) is 12.2. The summed E-state index contributed by atoms with van der Waals surface area (Å²) in [6.07, 6.45) is 2.45. The molecule has 3 aromatic rings. The predicted octanol–water partition coefficient (Wildman–Crippen LogP) is 1.12. The maximum atomic E-state index is 14.4. The Morgan fingerprint density at radius 3 is 2.71 bits per heavy atom. The van der Waals surface area contributed by atoms with Crippen molar-refractivity contribution in [3.05, 3.63) is 53.2 Å². The van der Waals surface area contributed by atoms with E-state index >= 15 is 0 Å². The van der Waals surface area contributed by atoms with Crippen molar-refractivity contribution >= 4 is 35.0 Å². The molecular formula is C25H26FN7O5. The number of amides is 4. The number of halogens is 1. The number of fused-ring (bicyclic) bond motifs is 2. The molecule has 1 saturated heterocycles. The van der Waals surface area contributed by atoms with Crippen molar-refractivity contribution < 1.29 is 28.3 Å². The molecule has 3 N–H and O–H groups in total. The molecule has 2 aliphatic rings. The fourth-order valence-corrected chi connectivity index (χ4v) is 4.51. The summed E-state index contributed by atoms with van der Waals surface area (Å²) in [6, 6.07) is 6.38. The van der Waals surface area contributed by atoms with E-state index in [0.717, 1.165) is 23.6 Å². The van der Waals surface area contributed by atoms with Gasteiger partial charge in [-0.1, -0.05) is 6.07 Å². The molecule has 13 heteroatoms. The smallest absolute Gasteiger partial charge is 0.270 e. The Morgan fingerprint density at radius 2 is 1.95 bits per heavy atom. The van der Waals surface area contributed by atoms with Crippen LogP contribution in [0.4, 0.5) is 10.1 Å². The summed E-state index contributed by atoms with van der Waals surface area (Å²) in [5.41, 5.74) is 0.768. The summed E-state index contributed by atoms with van der Waals surface area (Å²) in [7, 11) is 0. The third-order valence-electron chi connectivity index (χ3n) is 6.64. The van der Waals surface area contributed by atoms with Gasteiger partial charge in [0.2, 0.25) is 5.91 Å². The number of nitrogens with one attached hydrogen (secondary N) is 3. The number of anilines is 1. The molecule has 198 valence electrons. The normalized spacial score (nSPS) is 15.4. The second kappa shape index (κ2) is 10.4. The lowest BCUT2D eigenvalue weighted by molar-refractivity contribution is -0.130. The van der Waals surface area contributed by atoms with Crippen LogP contribution in [0.2, 0.25) is 0 Å². The second-order valence-corrected chi connectivity index (χ2v) is 9.26. The number of nitrogens with zero attached hydrogens (tertiary/aromatic N) is 4. The van der Waals surface area contributed by atoms with Gasteiger partial charge in [-0.15, -0.1) is 0 Å². The zero-order valence-electron chi connectivity index (χ0n) is 20.6. The molecule has 2 aromatic heterocycles. The molecule has 0 saturated carbocycles. The molecule has 1 aromatic carbocycles. The lowest BCUT2D eigenvalue weighted by atomic mass is 9.97. The lowest BCUT2D eigenvalue weighted by Gasteiger charge is -2.31. The van der Waals surface area contributed by atoms with Crippen molar-refractivity contribution in [2.45, 2.75) is 26.3 Å². The molecule has 12 nitrogen and oxygen atoms in total. The molecule has 0 radical (unpaired) electrons. The fourth-order valence-electron chi connectivity index (χ4n) is 4.51. The third kappa shape index (κ3) is 5.26. The van der Waals surface area contributed by atoms with E-state index < -0.39 is 17.6 Å². The third-order valence-corrected chi connectivity index (χ3v) is 6.64. The zero-order chi connectivity index (χ0) is 26.8. The number of carbonyl (C=O) groups is 4. The maximum Gasteiger partial charge on any atom is 0.270 e. The van der Waals surface area contributed by atoms with E-state index in [1.54, 1.807) is 23.1 Å². The summed E-state index contributed by atoms with van der Waals surface area (Å²) in [5, 5.41) is 12.1. The number of piperidine rings is 1. The largest absolute Gasteiger partial charge is 0.482 e. The van der Waals surface area contributed by atoms with Gasteiger partial charge in [-0.2, -0.15) is 5.10 Å². The Labute approximate surface area is 216 Å². The van der Waals surface area contributed by atoms with Gasteiger partial charge < -0.3 is 25.6 Å². The molecule has 0 aliphatic carbocycles. The van der Waals surface area contributed by atoms with Crippen molar-refractivity contribution in [3.8, 4) is 5.75 Å². The Kier molecular flexibility index (Phi) is 6.90. The van der Waals surface area contributed by atoms with E-state index in [9.17, 15) is 23.6 Å². The fraction of sp³-hybridized carbons (Fsp3) is 0.360. The van der Waals surface area contributed by atoms with Gasteiger partial charge in [-0.3, -0.25) is 19.2 Å². The average Bonchev–Trinajstić information content (AvgIpc) is 3.30. The molecule has 38 heavy (non-hydrogen) atoms. The van der Waals surface area contributed by atoms with Crippen LogP contribution in [0.1, 0.15) is 46.3 Å². The Morgan fingerprint density at radius 1 is 1.16 bits per heavy atom. The number of benzene rings is 1. The molecular weight excluding hydrogens is 497 g/mol. The molecule has 0 bridgehead atoms. The number of rotatable bonds is 6. The molecule has 0 spiro atoms. The van der Waals surface area contributed by atoms with E-state index in [1.807, 2.05) is 0 Å². The van der Waals surface area contributed by atoms with E-state index in [-0.39, 0.29) is 47.9 Å². The van der Waals surface area contributed by atoms with Crippen LogP contribution in [-0.4, -0.2) is 69.4 Å². The summed E-state index contributed by atoms with van der Waals surface area (Å²) >= 11 is 0. The van der Waals surface area contributed by atoms with Gasteiger partial charge in [0.1, 0.15) is 17.1 Å². The monoisotopic (exact) mass is 523 g/mol. The Balaban J connectivity index is 1.27. The minimum absolute atomic E-state index is 0.0288. The Hall–Kier alpha value is -4.55. The number of carbonyl (C=O) groups excluding carboxylic acids is 4. The lowest BCUT2D eigenvalue weighted by Crippen LogP contribution is -2.40. The van der Waals surface area contributed by atoms with E-state index in [0.29, 0.717) is 36.6 Å². The van der Waals surface area contributed by atoms with Crippen molar-refractivity contribution in [2.24, 2.45) is 5.92 Å². The van der Waals surface area contributed by atoms with Gasteiger partial charge in [0, 0.05) is 39.2 Å². The number of ether oxygens (including phenoxy) is 1. The molecule has 4 heterocycles. The van der Waals surface area contributed by atoms with Gasteiger partial charge in [-0.05, 0) is 36.5 Å². The molecule has 4 amide bonds. The highest BCUT2D eigenvalue weighted by Gasteiger charge is 2.24. The molecule has 2 aliphatic heterocycles. The van der Waals surface area contributed by atoms with Crippen LogP contribution in [0.15, 0.2) is 30.5 Å². The van der Waals surface area contributed by atoms with Crippen LogP contribution in [0.3, 0.4) is 0 Å². The summed E-state index contributed by atoms with van der Waals surface area (Å²) in [5.74, 6) is -1.42. The number of hydrogen-bond acceptors (Lipinski definition) is 7. The summed E-state index contributed by atoms with van der Waals surface area (Å²) in [6.45, 7) is 3.21. The highest BCUT2D eigenvalue weighted by molar-refractivity contribution is 5.98. The molecule has 5 rings (SSSR count). The van der Waals surface area contributed by atoms with Crippen LogP contribution in [0, 0.1) is 11.7 Å². The van der Waals surface area contributed by atoms with Crippen LogP contribution >= 0.6 is 0 Å². The highest BCUT2D eigenvalue weighted by atomic mass is 19.1. The van der Waals surface area contributed by atoms with Crippen molar-refractivity contribution in [1.29, 1.82) is 0 Å². The topological polar surface area (TPSA) is 147 Å². The highest BCUT2D eigenvalue weighted by Crippen LogP contribution is 2.28. The van der Waals surface area contributed by atoms with Crippen LogP contribution in [-0.2, 0) is 16.1 Å². The zero-order valence-corrected chi connectivity index (χ0v) is 20.6. The van der Waals surface area contributed by atoms with E-state index in [2.05, 4.69) is 26.0 Å². The first-order chi connectivity index (χ1) is 18.3. The van der Waals surface area contributed by atoms with E-state index in [1.165, 1.54) is 13.0 Å². The molecule has 1 fully saturated rings. The van der Waals surface area contributed by atoms with Gasteiger partial charge in [-0.25, -0.2) is 13.9 Å². The minimum atomic E-state index is -0.768. The first-order valence-corrected chi connectivity index (χ1v) is 12.2. The van der Waals surface area contributed by atoms with Crippen LogP contribution in [0.25, 0.3) is 5.65 Å². The molecule has 0 unspecified atom stereocenters. The standard InChI is InChI=1S/C25H26FN7O5/c1-14(34)32-6-4-15(5-7-32)10-28-25(37)20-9-19(31-23-17(26)12-29-33(20)23)24(36)27-11-16-2-3-21-18(8-16)30-22(35)13-38-21/h2-3,8-9,12,15H,4-7,10-11,13H2,1H3,(H,27,36)(H,28,37)(H,30,35). The van der Waals surface area contributed by atoms with Gasteiger partial charge in [0.25, 0.3) is 17.7 Å². The first kappa shape index (κ1) is 25.1. The minimum Gasteiger partial charge on any atom is -0.482 e. The van der Waals surface area contributed by atoms with Gasteiger partial charge in [0.15, 0.2) is 18.1 Å². The average molecular weight is 524 g/mol. The van der Waals surface area contributed by atoms with Gasteiger partial charge in [0.05, 0.1) is 11.9 Å². The quantitative estimate of drug-likeness (QED) is 0.439. The number of hydrogen-bond donors (Lipinski definition) is 3. The van der Waals surface area contributed by atoms with Gasteiger partial charge >= 0.3 is 0 Å². The second-order valence-electron chi connectivity index (χ2n) is 9.26.